The van der Waals surface area contributed by atoms with Crippen molar-refractivity contribution in [3.05, 3.63) is 35.6 Å². The molecule has 1 aromatic heterocycles. The molecule has 21 heavy (non-hydrogen) atoms. The van der Waals surface area contributed by atoms with Crippen molar-refractivity contribution in [1.29, 1.82) is 0 Å². The van der Waals surface area contributed by atoms with E-state index in [1.54, 1.807) is 12.1 Å². The van der Waals surface area contributed by atoms with Gasteiger partial charge in [0.15, 0.2) is 0 Å². The number of benzene rings is 1. The van der Waals surface area contributed by atoms with Gasteiger partial charge in [0.25, 0.3) is 0 Å². The van der Waals surface area contributed by atoms with Crippen LogP contribution in [-0.2, 0) is 12.6 Å². The monoisotopic (exact) mass is 298 g/mol. The summed E-state index contributed by atoms with van der Waals surface area (Å²) in [4.78, 5) is 2.36. The van der Waals surface area contributed by atoms with Gasteiger partial charge in [-0.1, -0.05) is 6.07 Å². The summed E-state index contributed by atoms with van der Waals surface area (Å²) in [7, 11) is 0. The van der Waals surface area contributed by atoms with Crippen molar-refractivity contribution in [2.24, 2.45) is 0 Å². The number of alkyl halides is 3. The van der Waals surface area contributed by atoms with Crippen LogP contribution >= 0.6 is 0 Å². The minimum Gasteiger partial charge on any atom is -0.452 e. The van der Waals surface area contributed by atoms with Crippen molar-refractivity contribution in [3.63, 3.8) is 0 Å². The van der Waals surface area contributed by atoms with E-state index in [0.29, 0.717) is 5.39 Å². The lowest BCUT2D eigenvalue weighted by atomic mass is 10.1. The van der Waals surface area contributed by atoms with Gasteiger partial charge < -0.3 is 14.6 Å². The maximum Gasteiger partial charge on any atom is 0.449 e. The molecule has 0 atom stereocenters. The first-order chi connectivity index (χ1) is 10.0. The van der Waals surface area contributed by atoms with Crippen molar-refractivity contribution in [2.75, 3.05) is 32.7 Å². The van der Waals surface area contributed by atoms with Crippen LogP contribution in [0.5, 0.6) is 0 Å². The molecule has 0 radical (unpaired) electrons. The molecule has 1 aromatic carbocycles. The maximum atomic E-state index is 12.6. The minimum atomic E-state index is -4.43. The average Bonchev–Trinajstić information content (AvgIpc) is 2.89. The van der Waals surface area contributed by atoms with Crippen LogP contribution in [0.3, 0.4) is 0 Å². The minimum absolute atomic E-state index is 0.285. The topological polar surface area (TPSA) is 28.4 Å². The Morgan fingerprint density at radius 2 is 1.90 bits per heavy atom. The fourth-order valence-electron chi connectivity index (χ4n) is 2.61. The summed E-state index contributed by atoms with van der Waals surface area (Å²) in [5.74, 6) is -0.934. The molecule has 3 nitrogen and oxygen atoms in total. The summed E-state index contributed by atoms with van der Waals surface area (Å²) in [6.45, 7) is 4.96. The zero-order valence-corrected chi connectivity index (χ0v) is 11.5. The lowest BCUT2D eigenvalue weighted by Crippen LogP contribution is -2.44. The maximum absolute atomic E-state index is 12.6. The number of fused-ring (bicyclic) bond motifs is 1. The normalized spacial score (nSPS) is 17.5. The third kappa shape index (κ3) is 3.39. The van der Waals surface area contributed by atoms with Crippen LogP contribution in [0.2, 0.25) is 0 Å². The van der Waals surface area contributed by atoms with E-state index < -0.39 is 11.9 Å². The van der Waals surface area contributed by atoms with Gasteiger partial charge >= 0.3 is 6.18 Å². The summed E-state index contributed by atoms with van der Waals surface area (Å²) in [6, 6.07) is 6.33. The molecule has 1 N–H and O–H groups in total. The summed E-state index contributed by atoms with van der Waals surface area (Å²) in [6.07, 6.45) is -3.59. The molecule has 114 valence electrons. The molecule has 0 saturated carbocycles. The number of piperazine rings is 1. The van der Waals surface area contributed by atoms with Crippen molar-refractivity contribution < 1.29 is 17.6 Å². The smallest absolute Gasteiger partial charge is 0.449 e. The predicted octanol–water partition coefficient (Wildman–Crippen LogP) is 2.90. The Bertz CT molecular complexity index is 615. The first-order valence-electron chi connectivity index (χ1n) is 7.05. The van der Waals surface area contributed by atoms with Crippen molar-refractivity contribution in [1.82, 2.24) is 10.2 Å². The Balaban J connectivity index is 1.71. The molecule has 1 fully saturated rings. The number of furan rings is 1. The van der Waals surface area contributed by atoms with Crippen molar-refractivity contribution in [2.45, 2.75) is 12.6 Å². The Hall–Kier alpha value is -1.53. The molecular formula is C15H17F3N2O. The molecular weight excluding hydrogens is 281 g/mol. The Morgan fingerprint density at radius 1 is 1.14 bits per heavy atom. The van der Waals surface area contributed by atoms with E-state index >= 15 is 0 Å². The molecule has 3 rings (SSSR count). The van der Waals surface area contributed by atoms with Gasteiger partial charge in [-0.05, 0) is 30.2 Å². The van der Waals surface area contributed by atoms with Crippen LogP contribution in [0.4, 0.5) is 13.2 Å². The van der Waals surface area contributed by atoms with Gasteiger partial charge in [-0.25, -0.2) is 0 Å². The number of nitrogens with zero attached hydrogens (tertiary/aromatic N) is 1. The zero-order chi connectivity index (χ0) is 14.9. The van der Waals surface area contributed by atoms with E-state index in [1.807, 2.05) is 6.07 Å². The van der Waals surface area contributed by atoms with Gasteiger partial charge in [-0.15, -0.1) is 0 Å². The number of hydrogen-bond acceptors (Lipinski definition) is 3. The van der Waals surface area contributed by atoms with Gasteiger partial charge in [0, 0.05) is 38.1 Å². The van der Waals surface area contributed by atoms with E-state index in [-0.39, 0.29) is 5.58 Å². The molecule has 0 spiro atoms. The van der Waals surface area contributed by atoms with E-state index in [1.165, 1.54) is 0 Å². The Labute approximate surface area is 120 Å². The van der Waals surface area contributed by atoms with Crippen molar-refractivity contribution >= 4 is 11.0 Å². The summed E-state index contributed by atoms with van der Waals surface area (Å²) >= 11 is 0. The molecule has 1 aliphatic heterocycles. The highest BCUT2D eigenvalue weighted by atomic mass is 19.4. The van der Waals surface area contributed by atoms with Gasteiger partial charge in [0.2, 0.25) is 5.76 Å². The molecule has 2 heterocycles. The molecule has 1 saturated heterocycles. The van der Waals surface area contributed by atoms with Crippen molar-refractivity contribution in [3.8, 4) is 0 Å². The van der Waals surface area contributed by atoms with Crippen LogP contribution in [0.25, 0.3) is 11.0 Å². The molecule has 0 unspecified atom stereocenters. The van der Waals surface area contributed by atoms with Gasteiger partial charge in [-0.3, -0.25) is 0 Å². The molecule has 2 aromatic rings. The first-order valence-corrected chi connectivity index (χ1v) is 7.05. The number of rotatable bonds is 3. The zero-order valence-electron chi connectivity index (χ0n) is 11.5. The molecule has 1 aliphatic rings. The highest BCUT2D eigenvalue weighted by molar-refractivity contribution is 5.78. The van der Waals surface area contributed by atoms with Crippen LogP contribution in [0.15, 0.2) is 28.7 Å². The lowest BCUT2D eigenvalue weighted by molar-refractivity contribution is -0.152. The number of halogens is 3. The van der Waals surface area contributed by atoms with E-state index in [0.717, 1.165) is 50.8 Å². The number of nitrogens with one attached hydrogen (secondary N) is 1. The van der Waals surface area contributed by atoms with Crippen LogP contribution < -0.4 is 5.32 Å². The molecule has 6 heteroatoms. The summed E-state index contributed by atoms with van der Waals surface area (Å²) < 4.78 is 42.7. The van der Waals surface area contributed by atoms with Crippen LogP contribution in [0, 0.1) is 0 Å². The predicted molar refractivity (Wildman–Crippen MR) is 74.2 cm³/mol. The second-order valence-electron chi connectivity index (χ2n) is 5.32. The Morgan fingerprint density at radius 3 is 2.62 bits per heavy atom. The van der Waals surface area contributed by atoms with E-state index in [2.05, 4.69) is 10.2 Å². The van der Waals surface area contributed by atoms with Gasteiger partial charge in [0.05, 0.1) is 0 Å². The summed E-state index contributed by atoms with van der Waals surface area (Å²) in [5, 5.41) is 3.81. The second-order valence-corrected chi connectivity index (χ2v) is 5.32. The van der Waals surface area contributed by atoms with Gasteiger partial charge in [0.1, 0.15) is 5.58 Å². The fraction of sp³-hybridized carbons (Fsp3) is 0.467. The highest BCUT2D eigenvalue weighted by Crippen LogP contribution is 2.34. The largest absolute Gasteiger partial charge is 0.452 e. The van der Waals surface area contributed by atoms with Crippen LogP contribution in [0.1, 0.15) is 11.3 Å². The first kappa shape index (κ1) is 14.4. The standard InChI is InChI=1S/C15H17F3N2O/c16-15(17,18)14-10-12-9-11(1-2-13(12)21-14)3-6-20-7-4-19-5-8-20/h1-2,9-10,19H,3-8H2. The third-order valence-electron chi connectivity index (χ3n) is 3.79. The molecule has 0 bridgehead atoms. The third-order valence-corrected chi connectivity index (χ3v) is 3.79. The quantitative estimate of drug-likeness (QED) is 0.944. The lowest BCUT2D eigenvalue weighted by Gasteiger charge is -2.27. The van der Waals surface area contributed by atoms with E-state index in [9.17, 15) is 13.2 Å². The SMILES string of the molecule is FC(F)(F)c1cc2cc(CCN3CCNCC3)ccc2o1. The van der Waals surface area contributed by atoms with Crippen LogP contribution in [-0.4, -0.2) is 37.6 Å². The molecule has 0 aliphatic carbocycles. The second kappa shape index (κ2) is 5.69. The number of hydrogen-bond donors (Lipinski definition) is 1. The highest BCUT2D eigenvalue weighted by Gasteiger charge is 2.35. The van der Waals surface area contributed by atoms with Gasteiger partial charge in [-0.2, -0.15) is 13.2 Å². The van der Waals surface area contributed by atoms with E-state index in [4.69, 9.17) is 4.42 Å². The molecule has 0 amide bonds. The fourth-order valence-corrected chi connectivity index (χ4v) is 2.61. The average molecular weight is 298 g/mol. The Kier molecular flexibility index (Phi) is 3.91. The summed E-state index contributed by atoms with van der Waals surface area (Å²) in [5.41, 5.74) is 1.32.